The summed E-state index contributed by atoms with van der Waals surface area (Å²) in [7, 11) is 0. The van der Waals surface area contributed by atoms with Crippen LogP contribution in [0.4, 0.5) is 68.2 Å². The molecule has 0 aliphatic rings. The Morgan fingerprint density at radius 1 is 0.188 bits per heavy atom. The highest BCUT2D eigenvalue weighted by atomic mass is 15.2. The van der Waals surface area contributed by atoms with Crippen LogP contribution in [0.5, 0.6) is 0 Å². The third-order valence-electron chi connectivity index (χ3n) is 18.1. The summed E-state index contributed by atoms with van der Waals surface area (Å²) >= 11 is 0. The highest BCUT2D eigenvalue weighted by molar-refractivity contribution is 6.14. The molecule has 17 rings (SSSR count). The van der Waals surface area contributed by atoms with Crippen LogP contribution in [-0.4, -0.2) is 19.1 Å². The quantitative estimate of drug-likeness (QED) is 0.0961. The summed E-state index contributed by atoms with van der Waals surface area (Å²) in [5.74, 6) is 1.54. The summed E-state index contributed by atoms with van der Waals surface area (Å²) in [5, 5.41) is 4.32. The first-order valence-corrected chi connectivity index (χ1v) is 32.4. The molecule has 13 aromatic carbocycles. The van der Waals surface area contributed by atoms with Crippen molar-refractivity contribution in [1.82, 2.24) is 19.1 Å². The molecule has 0 bridgehead atoms. The van der Waals surface area contributed by atoms with Crippen molar-refractivity contribution in [1.29, 1.82) is 0 Å². The Kier molecular flexibility index (Phi) is 14.7. The molecule has 0 fully saturated rings. The predicted octanol–water partition coefficient (Wildman–Crippen LogP) is 23.9. The minimum Gasteiger partial charge on any atom is -0.310 e. The molecule has 0 amide bonds. The summed E-state index contributed by atoms with van der Waals surface area (Å²) in [6, 6.07) is 130. The summed E-state index contributed by atoms with van der Waals surface area (Å²) in [6.45, 7) is 0. The zero-order chi connectivity index (χ0) is 63.7. The van der Waals surface area contributed by atoms with Crippen LogP contribution in [0.1, 0.15) is 0 Å². The summed E-state index contributed by atoms with van der Waals surface area (Å²) in [4.78, 5) is 19.8. The zero-order valence-electron chi connectivity index (χ0n) is 52.4. The van der Waals surface area contributed by atoms with Gasteiger partial charge >= 0.3 is 0 Å². The van der Waals surface area contributed by atoms with E-state index in [0.717, 1.165) is 146 Å². The van der Waals surface area contributed by atoms with E-state index in [4.69, 9.17) is 4.98 Å². The summed E-state index contributed by atoms with van der Waals surface area (Å²) < 4.78 is 4.75. The van der Waals surface area contributed by atoms with E-state index in [1.54, 1.807) is 0 Å². The van der Waals surface area contributed by atoms with Crippen molar-refractivity contribution in [2.24, 2.45) is 0 Å². The first-order chi connectivity index (χ1) is 47.6. The van der Waals surface area contributed by atoms with Gasteiger partial charge in [-0.05, 0) is 222 Å². The summed E-state index contributed by atoms with van der Waals surface area (Å²) in [5.41, 5.74) is 20.9. The molecule has 8 heteroatoms. The van der Waals surface area contributed by atoms with Crippen molar-refractivity contribution < 1.29 is 0 Å². The molecular formula is C88H62N8. The molecule has 17 aromatic rings. The predicted molar refractivity (Wildman–Crippen MR) is 400 cm³/mol. The minimum absolute atomic E-state index is 0.769. The molecule has 0 unspecified atom stereocenters. The van der Waals surface area contributed by atoms with Crippen LogP contribution in [0, 0.1) is 0 Å². The number of nitrogens with zero attached hydrogens (tertiary/aromatic N) is 8. The smallest absolute Gasteiger partial charge is 0.140 e. The van der Waals surface area contributed by atoms with E-state index in [1.165, 1.54) is 0 Å². The highest BCUT2D eigenvalue weighted by Gasteiger charge is 2.25. The average Bonchev–Trinajstić information content (AvgIpc) is 1.57. The van der Waals surface area contributed by atoms with Gasteiger partial charge < -0.3 is 19.6 Å². The molecule has 0 atom stereocenters. The van der Waals surface area contributed by atoms with Crippen LogP contribution in [0.3, 0.4) is 0 Å². The van der Waals surface area contributed by atoms with Gasteiger partial charge in [0.05, 0.1) is 22.1 Å². The molecule has 0 saturated carbocycles. The molecule has 4 heterocycles. The number of pyridine rings is 2. The fourth-order valence-corrected chi connectivity index (χ4v) is 13.8. The lowest BCUT2D eigenvalue weighted by Gasteiger charge is -2.26. The second-order valence-corrected chi connectivity index (χ2v) is 23.9. The number of hydrogen-bond acceptors (Lipinski definition) is 6. The lowest BCUT2D eigenvalue weighted by atomic mass is 10.00. The van der Waals surface area contributed by atoms with E-state index in [1.807, 2.05) is 12.4 Å². The molecule has 4 aromatic heterocycles. The number of fused-ring (bicyclic) bond motifs is 6. The largest absolute Gasteiger partial charge is 0.310 e. The molecule has 0 saturated heterocycles. The van der Waals surface area contributed by atoms with Crippen molar-refractivity contribution in [2.75, 3.05) is 19.6 Å². The Morgan fingerprint density at radius 3 is 0.698 bits per heavy atom. The van der Waals surface area contributed by atoms with Gasteiger partial charge in [0.15, 0.2) is 0 Å². The number of rotatable bonds is 16. The molecule has 0 aliphatic carbocycles. The molecule has 0 radical (unpaired) electrons. The van der Waals surface area contributed by atoms with E-state index >= 15 is 0 Å². The van der Waals surface area contributed by atoms with Crippen molar-refractivity contribution >= 4 is 112 Å². The maximum Gasteiger partial charge on any atom is 0.140 e. The van der Waals surface area contributed by atoms with Gasteiger partial charge in [-0.15, -0.1) is 0 Å². The highest BCUT2D eigenvalue weighted by Crippen LogP contribution is 2.47. The third-order valence-corrected chi connectivity index (χ3v) is 18.1. The van der Waals surface area contributed by atoms with Gasteiger partial charge in [-0.2, -0.15) is 0 Å². The maximum atomic E-state index is 6.01. The first-order valence-electron chi connectivity index (χ1n) is 32.4. The summed E-state index contributed by atoms with van der Waals surface area (Å²) in [6.07, 6.45) is 3.72. The Balaban J connectivity index is 0.945. The molecule has 8 nitrogen and oxygen atoms in total. The standard InChI is InChI=1S/C88H62N8/c1-9-28-67(29-10-1)91(68-30-11-2-12-31-68)75-44-48-83-79(59-75)80-60-76(92(69-32-13-3-14-33-69)70-34-15-4-16-35-70)45-49-84(80)95(83)87-57-66(65-27-25-26-64(56-65)63-52-54-89-55-53-63)58-88(90-87)96-85-50-46-77(93(71-36-17-5-18-37-71)72-38-19-6-20-39-72)61-81(85)82-62-78(47-51-86(82)96)94(73-40-21-7-22-41-73)74-42-23-8-24-43-74/h1-62H. The van der Waals surface area contributed by atoms with E-state index in [9.17, 15) is 0 Å². The van der Waals surface area contributed by atoms with Gasteiger partial charge in [0.25, 0.3) is 0 Å². The van der Waals surface area contributed by atoms with E-state index in [2.05, 4.69) is 398 Å². The number of para-hydroxylation sites is 8. The normalized spacial score (nSPS) is 11.3. The lowest BCUT2D eigenvalue weighted by molar-refractivity contribution is 1.01. The molecule has 0 aliphatic heterocycles. The fraction of sp³-hybridized carbons (Fsp3) is 0. The Bertz CT molecular complexity index is 4830. The molecule has 454 valence electrons. The second kappa shape index (κ2) is 24.9. The first kappa shape index (κ1) is 56.9. The molecule has 0 spiro atoms. The van der Waals surface area contributed by atoms with E-state index in [0.29, 0.717) is 0 Å². The molecular weight excluding hydrogens is 1170 g/mol. The molecule has 0 N–H and O–H groups in total. The zero-order valence-corrected chi connectivity index (χ0v) is 52.4. The van der Waals surface area contributed by atoms with Crippen LogP contribution in [0.25, 0.3) is 77.5 Å². The van der Waals surface area contributed by atoms with Crippen molar-refractivity contribution in [2.45, 2.75) is 0 Å². The number of anilines is 12. The second-order valence-electron chi connectivity index (χ2n) is 23.9. The number of aromatic nitrogens is 4. The molecule has 96 heavy (non-hydrogen) atoms. The number of hydrogen-bond donors (Lipinski definition) is 0. The van der Waals surface area contributed by atoms with Gasteiger partial charge in [-0.1, -0.05) is 164 Å². The minimum atomic E-state index is 0.769. The Hall–Kier alpha value is -13.0. The van der Waals surface area contributed by atoms with Gasteiger partial charge in [0, 0.05) is 102 Å². The van der Waals surface area contributed by atoms with Crippen molar-refractivity contribution in [3.05, 3.63) is 376 Å². The Labute approximate surface area is 557 Å². The topological polar surface area (TPSA) is 48.6 Å². The SMILES string of the molecule is c1ccc(N(c2ccccc2)c2ccc3c(c2)c2cc(N(c4ccccc4)c4ccccc4)ccc2n3-c2cc(-c3cccc(-c4ccncc4)c3)cc(-n3c4ccc(N(c5ccccc5)c5ccccc5)cc4c4cc(N(c5ccccc5)c5ccccc5)ccc43)n2)cc1. The van der Waals surface area contributed by atoms with Crippen LogP contribution < -0.4 is 19.6 Å². The van der Waals surface area contributed by atoms with Crippen LogP contribution in [0.15, 0.2) is 376 Å². The number of benzene rings is 13. The van der Waals surface area contributed by atoms with E-state index < -0.39 is 0 Å². The fourth-order valence-electron chi connectivity index (χ4n) is 13.8. The Morgan fingerprint density at radius 2 is 0.438 bits per heavy atom. The average molecular weight is 1230 g/mol. The third kappa shape index (κ3) is 10.6. The lowest BCUT2D eigenvalue weighted by Crippen LogP contribution is -2.09. The van der Waals surface area contributed by atoms with Crippen LogP contribution in [0.2, 0.25) is 0 Å². The van der Waals surface area contributed by atoms with Crippen LogP contribution in [-0.2, 0) is 0 Å². The van der Waals surface area contributed by atoms with Crippen LogP contribution >= 0.6 is 0 Å². The van der Waals surface area contributed by atoms with E-state index in [-0.39, 0.29) is 0 Å². The van der Waals surface area contributed by atoms with Gasteiger partial charge in [-0.3, -0.25) is 14.1 Å². The van der Waals surface area contributed by atoms with Gasteiger partial charge in [0.1, 0.15) is 11.6 Å². The van der Waals surface area contributed by atoms with Crippen molar-refractivity contribution in [3.63, 3.8) is 0 Å². The van der Waals surface area contributed by atoms with Gasteiger partial charge in [-0.25, -0.2) is 4.98 Å². The monoisotopic (exact) mass is 1230 g/mol. The maximum absolute atomic E-state index is 6.01. The van der Waals surface area contributed by atoms with Gasteiger partial charge in [0.2, 0.25) is 0 Å². The van der Waals surface area contributed by atoms with Crippen molar-refractivity contribution in [3.8, 4) is 33.9 Å².